The predicted molar refractivity (Wildman–Crippen MR) is 81.8 cm³/mol. The van der Waals surface area contributed by atoms with Crippen molar-refractivity contribution in [3.05, 3.63) is 58.3 Å². The van der Waals surface area contributed by atoms with Gasteiger partial charge in [0.15, 0.2) is 0 Å². The molecule has 1 atom stereocenters. The molecule has 1 heterocycles. The highest BCUT2D eigenvalue weighted by Crippen LogP contribution is 2.11. The molecule has 1 aromatic carbocycles. The number of thiophene rings is 1. The summed E-state index contributed by atoms with van der Waals surface area (Å²) in [5.74, 6) is -0.00613. The lowest BCUT2D eigenvalue weighted by molar-refractivity contribution is -0.122. The van der Waals surface area contributed by atoms with E-state index in [1.54, 1.807) is 11.3 Å². The molecule has 2 rings (SSSR count). The summed E-state index contributed by atoms with van der Waals surface area (Å²) in [5.41, 5.74) is 1.12. The molecule has 20 heavy (non-hydrogen) atoms. The highest BCUT2D eigenvalue weighted by atomic mass is 32.1. The van der Waals surface area contributed by atoms with Crippen molar-refractivity contribution in [3.63, 3.8) is 0 Å². The Bertz CT molecular complexity index is 511. The van der Waals surface area contributed by atoms with E-state index in [1.165, 1.54) is 4.88 Å². The van der Waals surface area contributed by atoms with E-state index in [-0.39, 0.29) is 18.6 Å². The molecule has 0 fully saturated rings. The minimum atomic E-state index is -0.215. The van der Waals surface area contributed by atoms with Crippen LogP contribution in [0.15, 0.2) is 47.8 Å². The van der Waals surface area contributed by atoms with Crippen molar-refractivity contribution in [3.8, 4) is 0 Å². The molecule has 0 bridgehead atoms. The molecule has 0 spiro atoms. The Hall–Kier alpha value is -1.65. The highest BCUT2D eigenvalue weighted by molar-refractivity contribution is 7.09. The molecule has 0 unspecified atom stereocenters. The number of hydrogen-bond acceptors (Lipinski definition) is 3. The number of aliphatic hydroxyl groups excluding tert-OH is 1. The van der Waals surface area contributed by atoms with Crippen LogP contribution in [0.1, 0.15) is 16.9 Å². The zero-order chi connectivity index (χ0) is 14.2. The molecule has 2 N–H and O–H groups in total. The lowest BCUT2D eigenvalue weighted by Gasteiger charge is -2.16. The van der Waals surface area contributed by atoms with Crippen LogP contribution in [0.5, 0.6) is 0 Å². The van der Waals surface area contributed by atoms with Gasteiger partial charge in [-0.1, -0.05) is 36.4 Å². The van der Waals surface area contributed by atoms with Crippen LogP contribution < -0.4 is 5.32 Å². The molecule has 0 aliphatic heterocycles. The fourth-order valence-electron chi connectivity index (χ4n) is 2.05. The summed E-state index contributed by atoms with van der Waals surface area (Å²) < 4.78 is 0. The summed E-state index contributed by atoms with van der Waals surface area (Å²) in [7, 11) is 0. The molecule has 0 saturated heterocycles. The van der Waals surface area contributed by atoms with Crippen LogP contribution in [0.4, 0.5) is 0 Å². The third-order valence-corrected chi connectivity index (χ3v) is 4.03. The number of benzene rings is 1. The van der Waals surface area contributed by atoms with Gasteiger partial charge in [0.1, 0.15) is 0 Å². The van der Waals surface area contributed by atoms with Crippen molar-refractivity contribution in [2.45, 2.75) is 25.3 Å². The van der Waals surface area contributed by atoms with Gasteiger partial charge in [0, 0.05) is 11.3 Å². The first-order valence-corrected chi connectivity index (χ1v) is 7.62. The monoisotopic (exact) mass is 289 g/mol. The zero-order valence-corrected chi connectivity index (χ0v) is 12.1. The molecular formula is C16H19NO2S. The summed E-state index contributed by atoms with van der Waals surface area (Å²) in [4.78, 5) is 13.1. The van der Waals surface area contributed by atoms with Crippen molar-refractivity contribution < 1.29 is 9.90 Å². The Morgan fingerprint density at radius 2 is 2.00 bits per heavy atom. The Balaban J connectivity index is 1.79. The van der Waals surface area contributed by atoms with Crippen LogP contribution in [0.2, 0.25) is 0 Å². The van der Waals surface area contributed by atoms with Crippen LogP contribution in [0.3, 0.4) is 0 Å². The zero-order valence-electron chi connectivity index (χ0n) is 11.3. The van der Waals surface area contributed by atoms with E-state index in [1.807, 2.05) is 47.8 Å². The van der Waals surface area contributed by atoms with Gasteiger partial charge in [0.25, 0.3) is 0 Å². The van der Waals surface area contributed by atoms with Gasteiger partial charge < -0.3 is 10.4 Å². The minimum Gasteiger partial charge on any atom is -0.394 e. The Labute approximate surface area is 123 Å². The molecule has 2 aromatic rings. The molecule has 0 saturated carbocycles. The number of carbonyl (C=O) groups excluding carboxylic acids is 1. The average Bonchev–Trinajstić information content (AvgIpc) is 2.99. The molecule has 1 amide bonds. The molecule has 0 aliphatic rings. The van der Waals surface area contributed by atoms with Crippen molar-refractivity contribution in [2.24, 2.45) is 0 Å². The predicted octanol–water partition coefficient (Wildman–Crippen LogP) is 2.40. The number of aryl methyl sites for hydroxylation is 1. The van der Waals surface area contributed by atoms with Crippen molar-refractivity contribution in [1.29, 1.82) is 0 Å². The van der Waals surface area contributed by atoms with E-state index in [0.29, 0.717) is 12.8 Å². The topological polar surface area (TPSA) is 49.3 Å². The van der Waals surface area contributed by atoms with Crippen LogP contribution in [0, 0.1) is 0 Å². The van der Waals surface area contributed by atoms with Crippen molar-refractivity contribution in [1.82, 2.24) is 5.32 Å². The second-order valence-corrected chi connectivity index (χ2v) is 5.75. The number of nitrogens with one attached hydrogen (secondary N) is 1. The molecule has 106 valence electrons. The fraction of sp³-hybridized carbons (Fsp3) is 0.312. The van der Waals surface area contributed by atoms with Crippen LogP contribution >= 0.6 is 11.3 Å². The summed E-state index contributed by atoms with van der Waals surface area (Å²) in [6.07, 6.45) is 1.88. The number of rotatable bonds is 7. The quantitative estimate of drug-likeness (QED) is 0.822. The number of amides is 1. The first-order chi connectivity index (χ1) is 9.78. The smallest absolute Gasteiger partial charge is 0.220 e. The number of hydrogen-bond donors (Lipinski definition) is 2. The SMILES string of the molecule is O=C(CCc1cccs1)N[C@@H](CO)Cc1ccccc1. The lowest BCUT2D eigenvalue weighted by atomic mass is 10.1. The maximum Gasteiger partial charge on any atom is 0.220 e. The Morgan fingerprint density at radius 1 is 1.20 bits per heavy atom. The van der Waals surface area contributed by atoms with E-state index >= 15 is 0 Å². The van der Waals surface area contributed by atoms with Crippen LogP contribution in [0.25, 0.3) is 0 Å². The lowest BCUT2D eigenvalue weighted by Crippen LogP contribution is -2.39. The van der Waals surface area contributed by atoms with Crippen LogP contribution in [-0.4, -0.2) is 23.7 Å². The third-order valence-electron chi connectivity index (χ3n) is 3.09. The minimum absolute atomic E-state index is 0.00613. The van der Waals surface area contributed by atoms with Crippen LogP contribution in [-0.2, 0) is 17.6 Å². The largest absolute Gasteiger partial charge is 0.394 e. The molecule has 3 nitrogen and oxygen atoms in total. The maximum atomic E-state index is 11.9. The Kier molecular flexibility index (Phi) is 5.77. The highest BCUT2D eigenvalue weighted by Gasteiger charge is 2.12. The number of carbonyl (C=O) groups is 1. The van der Waals surface area contributed by atoms with Gasteiger partial charge in [-0.05, 0) is 29.9 Å². The Morgan fingerprint density at radius 3 is 2.65 bits per heavy atom. The molecule has 0 aliphatic carbocycles. The molecule has 4 heteroatoms. The van der Waals surface area contributed by atoms with E-state index < -0.39 is 0 Å². The van der Waals surface area contributed by atoms with E-state index in [0.717, 1.165) is 12.0 Å². The first kappa shape index (κ1) is 14.8. The maximum absolute atomic E-state index is 11.9. The van der Waals surface area contributed by atoms with Gasteiger partial charge in [0.2, 0.25) is 5.91 Å². The summed E-state index contributed by atoms with van der Waals surface area (Å²) in [6.45, 7) is -0.0420. The van der Waals surface area contributed by atoms with Gasteiger partial charge in [-0.2, -0.15) is 0 Å². The molecule has 0 radical (unpaired) electrons. The summed E-state index contributed by atoms with van der Waals surface area (Å²) in [5, 5.41) is 14.3. The second kappa shape index (κ2) is 7.82. The van der Waals surface area contributed by atoms with Gasteiger partial charge in [-0.3, -0.25) is 4.79 Å². The van der Waals surface area contributed by atoms with E-state index in [9.17, 15) is 9.90 Å². The van der Waals surface area contributed by atoms with Gasteiger partial charge >= 0.3 is 0 Å². The van der Waals surface area contributed by atoms with Crippen molar-refractivity contribution >= 4 is 17.2 Å². The van der Waals surface area contributed by atoms with Gasteiger partial charge in [-0.15, -0.1) is 11.3 Å². The summed E-state index contributed by atoms with van der Waals surface area (Å²) in [6, 6.07) is 13.7. The fourth-order valence-corrected chi connectivity index (χ4v) is 2.76. The average molecular weight is 289 g/mol. The van der Waals surface area contributed by atoms with E-state index in [4.69, 9.17) is 0 Å². The van der Waals surface area contributed by atoms with Crippen molar-refractivity contribution in [2.75, 3.05) is 6.61 Å². The summed E-state index contributed by atoms with van der Waals surface area (Å²) >= 11 is 1.66. The molecular weight excluding hydrogens is 270 g/mol. The number of aliphatic hydroxyl groups is 1. The first-order valence-electron chi connectivity index (χ1n) is 6.74. The van der Waals surface area contributed by atoms with E-state index in [2.05, 4.69) is 5.32 Å². The standard InChI is InChI=1S/C16H19NO2S/c18-12-14(11-13-5-2-1-3-6-13)17-16(19)9-8-15-7-4-10-20-15/h1-7,10,14,18H,8-9,11-12H2,(H,17,19)/t14-/m1/s1. The normalized spacial score (nSPS) is 12.1. The van der Waals surface area contributed by atoms with Gasteiger partial charge in [-0.25, -0.2) is 0 Å². The van der Waals surface area contributed by atoms with Gasteiger partial charge in [0.05, 0.1) is 12.6 Å². The molecule has 1 aromatic heterocycles. The second-order valence-electron chi connectivity index (χ2n) is 4.72. The third kappa shape index (κ3) is 4.79.